The van der Waals surface area contributed by atoms with Gasteiger partial charge in [-0.2, -0.15) is 13.2 Å². The summed E-state index contributed by atoms with van der Waals surface area (Å²) in [6.07, 6.45) is -3.19. The van der Waals surface area contributed by atoms with Crippen LogP contribution in [0.1, 0.15) is 15.9 Å². The maximum absolute atomic E-state index is 12.7. The number of aromatic nitrogens is 1. The molecule has 0 spiro atoms. The lowest BCUT2D eigenvalue weighted by molar-refractivity contribution is -0.137. The Morgan fingerprint density at radius 3 is 2.56 bits per heavy atom. The molecule has 4 nitrogen and oxygen atoms in total. The van der Waals surface area contributed by atoms with E-state index in [9.17, 15) is 22.8 Å². The molecule has 0 aliphatic heterocycles. The first kappa shape index (κ1) is 17.0. The molecular formula is C17H10ClF3N2O2. The first-order chi connectivity index (χ1) is 11.8. The van der Waals surface area contributed by atoms with E-state index in [1.54, 1.807) is 12.1 Å². The summed E-state index contributed by atoms with van der Waals surface area (Å²) in [6, 6.07) is 8.85. The largest absolute Gasteiger partial charge is 0.416 e. The molecule has 0 saturated carbocycles. The predicted octanol–water partition coefficient (Wildman–Crippen LogP) is 4.66. The van der Waals surface area contributed by atoms with Crippen LogP contribution in [0.15, 0.2) is 48.7 Å². The van der Waals surface area contributed by atoms with Gasteiger partial charge in [0.2, 0.25) is 0 Å². The SMILES string of the molecule is O=C(Nc1cccc(C(F)(F)F)c1)C(=O)c1c[nH]c2ccc(Cl)cc12. The fraction of sp³-hybridized carbons (Fsp3) is 0.0588. The standard InChI is InChI=1S/C17H10ClF3N2O2/c18-10-4-5-14-12(7-10)13(8-22-14)15(24)16(25)23-11-3-1-2-9(6-11)17(19,20)21/h1-8,22H,(H,23,25). The number of fused-ring (bicyclic) bond motifs is 1. The van der Waals surface area contributed by atoms with Crippen LogP contribution in [-0.2, 0) is 11.0 Å². The molecule has 2 N–H and O–H groups in total. The summed E-state index contributed by atoms with van der Waals surface area (Å²) in [5, 5.41) is 3.03. The van der Waals surface area contributed by atoms with Crippen molar-refractivity contribution < 1.29 is 22.8 Å². The Balaban J connectivity index is 1.86. The van der Waals surface area contributed by atoms with Crippen molar-refractivity contribution in [3.05, 3.63) is 64.8 Å². The molecule has 2 aromatic carbocycles. The maximum atomic E-state index is 12.7. The number of hydrogen-bond donors (Lipinski definition) is 2. The van der Waals surface area contributed by atoms with Crippen molar-refractivity contribution in [3.8, 4) is 0 Å². The zero-order chi connectivity index (χ0) is 18.2. The van der Waals surface area contributed by atoms with Gasteiger partial charge >= 0.3 is 6.18 Å². The number of carbonyl (C=O) groups is 2. The van der Waals surface area contributed by atoms with Gasteiger partial charge in [0.1, 0.15) is 0 Å². The van der Waals surface area contributed by atoms with Crippen LogP contribution < -0.4 is 5.32 Å². The normalized spacial score (nSPS) is 11.5. The van der Waals surface area contributed by atoms with Crippen LogP contribution in [0.4, 0.5) is 18.9 Å². The van der Waals surface area contributed by atoms with Gasteiger partial charge in [-0.1, -0.05) is 17.7 Å². The number of nitrogens with one attached hydrogen (secondary N) is 2. The number of ketones is 1. The van der Waals surface area contributed by atoms with Crippen molar-refractivity contribution in [2.45, 2.75) is 6.18 Å². The molecule has 1 aromatic heterocycles. The minimum Gasteiger partial charge on any atom is -0.360 e. The Hall–Kier alpha value is -2.80. The smallest absolute Gasteiger partial charge is 0.360 e. The van der Waals surface area contributed by atoms with E-state index in [4.69, 9.17) is 11.6 Å². The quantitative estimate of drug-likeness (QED) is 0.523. The van der Waals surface area contributed by atoms with Gasteiger partial charge in [-0.15, -0.1) is 0 Å². The van der Waals surface area contributed by atoms with Gasteiger partial charge in [-0.3, -0.25) is 9.59 Å². The Morgan fingerprint density at radius 2 is 1.84 bits per heavy atom. The van der Waals surface area contributed by atoms with Gasteiger partial charge in [0.25, 0.3) is 11.7 Å². The molecule has 1 heterocycles. The van der Waals surface area contributed by atoms with E-state index in [0.29, 0.717) is 15.9 Å². The Labute approximate surface area is 144 Å². The topological polar surface area (TPSA) is 62.0 Å². The number of aromatic amines is 1. The molecule has 0 radical (unpaired) electrons. The number of carbonyl (C=O) groups excluding carboxylic acids is 2. The number of alkyl halides is 3. The van der Waals surface area contributed by atoms with Crippen molar-refractivity contribution in [2.24, 2.45) is 0 Å². The van der Waals surface area contributed by atoms with E-state index in [-0.39, 0.29) is 11.3 Å². The molecule has 1 amide bonds. The average Bonchev–Trinajstić information content (AvgIpc) is 2.96. The van der Waals surface area contributed by atoms with Crippen molar-refractivity contribution in [1.82, 2.24) is 4.98 Å². The van der Waals surface area contributed by atoms with Crippen molar-refractivity contribution in [2.75, 3.05) is 5.32 Å². The summed E-state index contributed by atoms with van der Waals surface area (Å²) in [5.41, 5.74) is -0.343. The number of rotatable bonds is 3. The van der Waals surface area contributed by atoms with Gasteiger partial charge in [-0.05, 0) is 36.4 Å². The summed E-state index contributed by atoms with van der Waals surface area (Å²) in [4.78, 5) is 27.3. The molecule has 0 bridgehead atoms. The van der Waals surface area contributed by atoms with Crippen LogP contribution in [0.5, 0.6) is 0 Å². The number of Topliss-reactive ketones (excluding diaryl/α,β-unsaturated/α-hetero) is 1. The molecule has 0 unspecified atom stereocenters. The lowest BCUT2D eigenvalue weighted by Crippen LogP contribution is -2.23. The highest BCUT2D eigenvalue weighted by Crippen LogP contribution is 2.30. The van der Waals surface area contributed by atoms with Crippen molar-refractivity contribution in [1.29, 1.82) is 0 Å². The van der Waals surface area contributed by atoms with Gasteiger partial charge in [0.05, 0.1) is 11.1 Å². The molecular weight excluding hydrogens is 357 g/mol. The molecule has 3 rings (SSSR count). The third-order valence-electron chi connectivity index (χ3n) is 3.54. The number of amides is 1. The zero-order valence-corrected chi connectivity index (χ0v) is 13.2. The van der Waals surface area contributed by atoms with Gasteiger partial charge in [0, 0.05) is 27.8 Å². The van der Waals surface area contributed by atoms with E-state index >= 15 is 0 Å². The summed E-state index contributed by atoms with van der Waals surface area (Å²) in [5.74, 6) is -1.92. The number of H-pyrrole nitrogens is 1. The number of halogens is 4. The summed E-state index contributed by atoms with van der Waals surface area (Å²) >= 11 is 5.89. The fourth-order valence-electron chi connectivity index (χ4n) is 2.36. The molecule has 0 saturated heterocycles. The van der Waals surface area contributed by atoms with Crippen molar-refractivity contribution >= 4 is 39.9 Å². The molecule has 0 aliphatic carbocycles. The molecule has 8 heteroatoms. The molecule has 25 heavy (non-hydrogen) atoms. The third-order valence-corrected chi connectivity index (χ3v) is 3.78. The Bertz CT molecular complexity index is 979. The van der Waals surface area contributed by atoms with Gasteiger partial charge < -0.3 is 10.3 Å². The van der Waals surface area contributed by atoms with Crippen LogP contribution in [0.25, 0.3) is 10.9 Å². The molecule has 0 fully saturated rings. The zero-order valence-electron chi connectivity index (χ0n) is 12.4. The number of benzene rings is 2. The van der Waals surface area contributed by atoms with Crippen molar-refractivity contribution in [3.63, 3.8) is 0 Å². The third kappa shape index (κ3) is 3.51. The van der Waals surface area contributed by atoms with Crippen LogP contribution in [0, 0.1) is 0 Å². The highest BCUT2D eigenvalue weighted by Gasteiger charge is 2.30. The monoisotopic (exact) mass is 366 g/mol. The van der Waals surface area contributed by atoms with E-state index in [0.717, 1.165) is 18.2 Å². The summed E-state index contributed by atoms with van der Waals surface area (Å²) in [7, 11) is 0. The van der Waals surface area contributed by atoms with E-state index in [2.05, 4.69) is 10.3 Å². The number of anilines is 1. The van der Waals surface area contributed by atoms with Gasteiger partial charge in [0.15, 0.2) is 0 Å². The van der Waals surface area contributed by atoms with Crippen LogP contribution in [0.3, 0.4) is 0 Å². The summed E-state index contributed by atoms with van der Waals surface area (Å²) in [6.45, 7) is 0. The molecule has 128 valence electrons. The van der Waals surface area contributed by atoms with E-state index < -0.39 is 23.4 Å². The Kier molecular flexibility index (Phi) is 4.26. The average molecular weight is 367 g/mol. The summed E-state index contributed by atoms with van der Waals surface area (Å²) < 4.78 is 38.1. The second-order valence-corrected chi connectivity index (χ2v) is 5.69. The van der Waals surface area contributed by atoms with Crippen LogP contribution >= 0.6 is 11.6 Å². The molecule has 0 atom stereocenters. The lowest BCUT2D eigenvalue weighted by atomic mass is 10.1. The second kappa shape index (κ2) is 6.25. The van der Waals surface area contributed by atoms with E-state index in [1.807, 2.05) is 0 Å². The molecule has 0 aliphatic rings. The first-order valence-corrected chi connectivity index (χ1v) is 7.43. The highest BCUT2D eigenvalue weighted by atomic mass is 35.5. The van der Waals surface area contributed by atoms with E-state index in [1.165, 1.54) is 18.3 Å². The number of hydrogen-bond acceptors (Lipinski definition) is 2. The minimum absolute atomic E-state index is 0.0852. The van der Waals surface area contributed by atoms with Crippen LogP contribution in [0.2, 0.25) is 5.02 Å². The lowest BCUT2D eigenvalue weighted by Gasteiger charge is -2.09. The fourth-order valence-corrected chi connectivity index (χ4v) is 2.54. The highest BCUT2D eigenvalue weighted by molar-refractivity contribution is 6.48. The minimum atomic E-state index is -4.54. The molecule has 3 aromatic rings. The second-order valence-electron chi connectivity index (χ2n) is 5.25. The predicted molar refractivity (Wildman–Crippen MR) is 87.7 cm³/mol. The first-order valence-electron chi connectivity index (χ1n) is 7.05. The Morgan fingerprint density at radius 1 is 1.08 bits per heavy atom. The van der Waals surface area contributed by atoms with Crippen LogP contribution in [-0.4, -0.2) is 16.7 Å². The van der Waals surface area contributed by atoms with Gasteiger partial charge in [-0.25, -0.2) is 0 Å². The maximum Gasteiger partial charge on any atom is 0.416 e.